The third kappa shape index (κ3) is 3.71. The van der Waals surface area contributed by atoms with Gasteiger partial charge in [-0.1, -0.05) is 23.7 Å². The summed E-state index contributed by atoms with van der Waals surface area (Å²) in [6.07, 6.45) is 0. The molecule has 2 rings (SSSR count). The Morgan fingerprint density at radius 2 is 1.90 bits per heavy atom. The zero-order valence-electron chi connectivity index (χ0n) is 11.4. The summed E-state index contributed by atoms with van der Waals surface area (Å²) >= 11 is 5.86. The number of rotatable bonds is 5. The first kappa shape index (κ1) is 14.3. The van der Waals surface area contributed by atoms with Gasteiger partial charge in [0.15, 0.2) is 0 Å². The Hall–Kier alpha value is -2.08. The van der Waals surface area contributed by atoms with Crippen molar-refractivity contribution in [1.82, 2.24) is 15.0 Å². The van der Waals surface area contributed by atoms with Crippen LogP contribution in [0.2, 0.25) is 5.02 Å². The Bertz CT molecular complexity index is 575. The average Bonchev–Trinajstić information content (AvgIpc) is 2.41. The highest BCUT2D eigenvalue weighted by Crippen LogP contribution is 2.16. The molecule has 0 saturated carbocycles. The van der Waals surface area contributed by atoms with Crippen molar-refractivity contribution >= 4 is 23.5 Å². The molecular weight excluding hydrogens is 278 g/mol. The van der Waals surface area contributed by atoms with E-state index in [1.807, 2.05) is 43.1 Å². The molecule has 0 radical (unpaired) electrons. The Balaban J connectivity index is 2.15. The van der Waals surface area contributed by atoms with E-state index in [2.05, 4.69) is 15.0 Å². The second-order valence-electron chi connectivity index (χ2n) is 4.19. The predicted molar refractivity (Wildman–Crippen MR) is 79.0 cm³/mol. The summed E-state index contributed by atoms with van der Waals surface area (Å²) in [7, 11) is 1.87. The van der Waals surface area contributed by atoms with Crippen LogP contribution in [0.25, 0.3) is 0 Å². The van der Waals surface area contributed by atoms with Crippen LogP contribution in [0.4, 0.5) is 11.9 Å². The smallest absolute Gasteiger partial charge is 0.323 e. The van der Waals surface area contributed by atoms with E-state index in [9.17, 15) is 0 Å². The quantitative estimate of drug-likeness (QED) is 0.910. The summed E-state index contributed by atoms with van der Waals surface area (Å²) in [5, 5.41) is 0.708. The lowest BCUT2D eigenvalue weighted by Gasteiger charge is -2.17. The first-order valence-corrected chi connectivity index (χ1v) is 6.56. The molecule has 0 saturated heterocycles. The van der Waals surface area contributed by atoms with Gasteiger partial charge in [-0.2, -0.15) is 15.0 Å². The van der Waals surface area contributed by atoms with Gasteiger partial charge in [-0.3, -0.25) is 0 Å². The largest absolute Gasteiger partial charge is 0.464 e. The van der Waals surface area contributed by atoms with Gasteiger partial charge in [0.2, 0.25) is 11.9 Å². The number of halogens is 1. The van der Waals surface area contributed by atoms with E-state index in [0.717, 1.165) is 5.56 Å². The van der Waals surface area contributed by atoms with Gasteiger partial charge in [0.1, 0.15) is 0 Å². The van der Waals surface area contributed by atoms with Crippen LogP contribution >= 0.6 is 11.6 Å². The number of nitrogen functional groups attached to an aromatic ring is 1. The third-order valence-corrected chi connectivity index (χ3v) is 2.82. The molecule has 1 aromatic carbocycles. The van der Waals surface area contributed by atoms with Gasteiger partial charge in [0.05, 0.1) is 6.61 Å². The van der Waals surface area contributed by atoms with E-state index < -0.39 is 0 Å². The standard InChI is InChI=1S/C13H16ClN5O/c1-3-20-13-17-11(15)16-12(18-13)19(2)8-9-4-6-10(14)7-5-9/h4-7H,3,8H2,1-2H3,(H2,15,16,17,18). The molecular formula is C13H16ClN5O. The van der Waals surface area contributed by atoms with Gasteiger partial charge >= 0.3 is 6.01 Å². The predicted octanol–water partition coefficient (Wildman–Crippen LogP) is 2.14. The van der Waals surface area contributed by atoms with Crippen LogP contribution in [0.3, 0.4) is 0 Å². The molecule has 0 aliphatic heterocycles. The Morgan fingerprint density at radius 3 is 2.55 bits per heavy atom. The molecule has 0 spiro atoms. The molecule has 7 heteroatoms. The lowest BCUT2D eigenvalue weighted by Crippen LogP contribution is -2.20. The fraction of sp³-hybridized carbons (Fsp3) is 0.308. The summed E-state index contributed by atoms with van der Waals surface area (Å²) in [4.78, 5) is 14.1. The molecule has 6 nitrogen and oxygen atoms in total. The number of anilines is 2. The Labute approximate surface area is 122 Å². The summed E-state index contributed by atoms with van der Waals surface area (Å²) < 4.78 is 5.26. The lowest BCUT2D eigenvalue weighted by molar-refractivity contribution is 0.312. The second-order valence-corrected chi connectivity index (χ2v) is 4.63. The molecule has 1 heterocycles. The maximum Gasteiger partial charge on any atom is 0.323 e. The van der Waals surface area contributed by atoms with Gasteiger partial charge in [0.25, 0.3) is 0 Å². The highest BCUT2D eigenvalue weighted by molar-refractivity contribution is 6.30. The van der Waals surface area contributed by atoms with Gasteiger partial charge in [0, 0.05) is 18.6 Å². The van der Waals surface area contributed by atoms with E-state index in [1.54, 1.807) is 0 Å². The minimum Gasteiger partial charge on any atom is -0.464 e. The number of ether oxygens (including phenoxy) is 1. The molecule has 2 aromatic rings. The molecule has 0 bridgehead atoms. The summed E-state index contributed by atoms with van der Waals surface area (Å²) in [5.41, 5.74) is 6.75. The molecule has 0 fully saturated rings. The van der Waals surface area contributed by atoms with Crippen LogP contribution in [0, 0.1) is 0 Å². The number of hydrogen-bond donors (Lipinski definition) is 1. The Kier molecular flexibility index (Phi) is 4.57. The molecule has 0 aliphatic rings. The van der Waals surface area contributed by atoms with Crippen molar-refractivity contribution < 1.29 is 4.74 Å². The van der Waals surface area contributed by atoms with Gasteiger partial charge in [-0.25, -0.2) is 0 Å². The third-order valence-electron chi connectivity index (χ3n) is 2.57. The SMILES string of the molecule is CCOc1nc(N)nc(N(C)Cc2ccc(Cl)cc2)n1. The minimum absolute atomic E-state index is 0.140. The van der Waals surface area contributed by atoms with Crippen molar-refractivity contribution in [1.29, 1.82) is 0 Å². The highest BCUT2D eigenvalue weighted by Gasteiger charge is 2.10. The molecule has 0 amide bonds. The maximum atomic E-state index is 5.86. The van der Waals surface area contributed by atoms with Crippen LogP contribution < -0.4 is 15.4 Å². The lowest BCUT2D eigenvalue weighted by atomic mass is 10.2. The van der Waals surface area contributed by atoms with Crippen molar-refractivity contribution in [3.05, 3.63) is 34.9 Å². The summed E-state index contributed by atoms with van der Waals surface area (Å²) in [6, 6.07) is 7.83. The second kappa shape index (κ2) is 6.38. The molecule has 20 heavy (non-hydrogen) atoms. The summed E-state index contributed by atoms with van der Waals surface area (Å²) in [5.74, 6) is 0.609. The minimum atomic E-state index is 0.140. The number of hydrogen-bond acceptors (Lipinski definition) is 6. The van der Waals surface area contributed by atoms with E-state index in [-0.39, 0.29) is 12.0 Å². The molecule has 1 aromatic heterocycles. The van der Waals surface area contributed by atoms with Crippen LogP contribution in [0.5, 0.6) is 6.01 Å². The first-order valence-electron chi connectivity index (χ1n) is 6.18. The number of nitrogens with zero attached hydrogens (tertiary/aromatic N) is 4. The number of benzene rings is 1. The highest BCUT2D eigenvalue weighted by atomic mass is 35.5. The number of aromatic nitrogens is 3. The maximum absolute atomic E-state index is 5.86. The number of nitrogens with two attached hydrogens (primary N) is 1. The van der Waals surface area contributed by atoms with Gasteiger partial charge in [-0.15, -0.1) is 0 Å². The fourth-order valence-corrected chi connectivity index (χ4v) is 1.79. The van der Waals surface area contributed by atoms with E-state index in [0.29, 0.717) is 24.1 Å². The van der Waals surface area contributed by atoms with Crippen molar-refractivity contribution in [2.24, 2.45) is 0 Å². The normalized spacial score (nSPS) is 10.3. The van der Waals surface area contributed by atoms with E-state index in [4.69, 9.17) is 22.1 Å². The van der Waals surface area contributed by atoms with Crippen molar-refractivity contribution in [3.8, 4) is 6.01 Å². The van der Waals surface area contributed by atoms with Crippen LogP contribution in [-0.2, 0) is 6.54 Å². The average molecular weight is 294 g/mol. The molecule has 106 valence electrons. The van der Waals surface area contributed by atoms with Gasteiger partial charge < -0.3 is 15.4 Å². The van der Waals surface area contributed by atoms with E-state index in [1.165, 1.54) is 0 Å². The Morgan fingerprint density at radius 1 is 1.20 bits per heavy atom. The van der Waals surface area contributed by atoms with Crippen molar-refractivity contribution in [2.75, 3.05) is 24.3 Å². The molecule has 0 aliphatic carbocycles. The van der Waals surface area contributed by atoms with Crippen LogP contribution in [0.15, 0.2) is 24.3 Å². The van der Waals surface area contributed by atoms with Crippen LogP contribution in [-0.4, -0.2) is 28.6 Å². The van der Waals surface area contributed by atoms with Crippen molar-refractivity contribution in [3.63, 3.8) is 0 Å². The first-order chi connectivity index (χ1) is 9.58. The van der Waals surface area contributed by atoms with Gasteiger partial charge in [-0.05, 0) is 24.6 Å². The van der Waals surface area contributed by atoms with Crippen LogP contribution in [0.1, 0.15) is 12.5 Å². The summed E-state index contributed by atoms with van der Waals surface area (Å²) in [6.45, 7) is 2.97. The fourth-order valence-electron chi connectivity index (χ4n) is 1.66. The topological polar surface area (TPSA) is 77.2 Å². The molecule has 2 N–H and O–H groups in total. The monoisotopic (exact) mass is 293 g/mol. The molecule has 0 unspecified atom stereocenters. The zero-order chi connectivity index (χ0) is 14.5. The van der Waals surface area contributed by atoms with E-state index >= 15 is 0 Å². The zero-order valence-corrected chi connectivity index (χ0v) is 12.1. The molecule has 0 atom stereocenters. The van der Waals surface area contributed by atoms with Crippen molar-refractivity contribution in [2.45, 2.75) is 13.5 Å².